The standard InChI is InChI=1S/C12H18N2O2S/c1-9-2-3-10(4-9)6-13-7-11-5-12(14(15)16)17-8-11/h5,8-10,13H,2-4,6-7H2,1H3. The summed E-state index contributed by atoms with van der Waals surface area (Å²) in [4.78, 5) is 10.2. The molecule has 0 aliphatic heterocycles. The molecule has 0 radical (unpaired) electrons. The van der Waals surface area contributed by atoms with Gasteiger partial charge in [-0.1, -0.05) is 24.7 Å². The third kappa shape index (κ3) is 3.51. The lowest BCUT2D eigenvalue weighted by atomic mass is 10.1. The molecule has 1 fully saturated rings. The van der Waals surface area contributed by atoms with Gasteiger partial charge < -0.3 is 5.32 Å². The van der Waals surface area contributed by atoms with Gasteiger partial charge in [-0.05, 0) is 36.8 Å². The minimum absolute atomic E-state index is 0.233. The van der Waals surface area contributed by atoms with Crippen molar-refractivity contribution in [3.8, 4) is 0 Å². The van der Waals surface area contributed by atoms with Crippen molar-refractivity contribution in [1.29, 1.82) is 0 Å². The van der Waals surface area contributed by atoms with Crippen LogP contribution in [0, 0.1) is 22.0 Å². The van der Waals surface area contributed by atoms with Crippen molar-refractivity contribution in [1.82, 2.24) is 5.32 Å². The molecule has 1 aliphatic carbocycles. The van der Waals surface area contributed by atoms with Crippen molar-refractivity contribution in [2.75, 3.05) is 6.54 Å². The van der Waals surface area contributed by atoms with E-state index in [2.05, 4.69) is 12.2 Å². The van der Waals surface area contributed by atoms with E-state index in [4.69, 9.17) is 0 Å². The Hall–Kier alpha value is -0.940. The fourth-order valence-electron chi connectivity index (χ4n) is 2.48. The summed E-state index contributed by atoms with van der Waals surface area (Å²) < 4.78 is 0. The summed E-state index contributed by atoms with van der Waals surface area (Å²) in [6.07, 6.45) is 3.98. The molecule has 1 N–H and O–H groups in total. The first-order chi connectivity index (χ1) is 8.15. The molecular weight excluding hydrogens is 236 g/mol. The second-order valence-corrected chi connectivity index (χ2v) is 5.86. The van der Waals surface area contributed by atoms with Gasteiger partial charge in [0.2, 0.25) is 0 Å². The summed E-state index contributed by atoms with van der Waals surface area (Å²) >= 11 is 1.20. The molecule has 17 heavy (non-hydrogen) atoms. The van der Waals surface area contributed by atoms with Gasteiger partial charge in [-0.2, -0.15) is 0 Å². The Morgan fingerprint density at radius 1 is 1.59 bits per heavy atom. The van der Waals surface area contributed by atoms with Crippen molar-refractivity contribution in [2.24, 2.45) is 11.8 Å². The van der Waals surface area contributed by atoms with Gasteiger partial charge >= 0.3 is 5.00 Å². The molecule has 1 aromatic heterocycles. The second-order valence-electron chi connectivity index (χ2n) is 4.97. The lowest BCUT2D eigenvalue weighted by molar-refractivity contribution is -0.380. The van der Waals surface area contributed by atoms with Crippen LogP contribution < -0.4 is 5.32 Å². The molecule has 0 bridgehead atoms. The molecule has 0 aromatic carbocycles. The molecule has 1 saturated carbocycles. The van der Waals surface area contributed by atoms with E-state index >= 15 is 0 Å². The van der Waals surface area contributed by atoms with Gasteiger partial charge in [0.1, 0.15) is 0 Å². The summed E-state index contributed by atoms with van der Waals surface area (Å²) in [5, 5.41) is 16.0. The lowest BCUT2D eigenvalue weighted by Crippen LogP contribution is -2.20. The molecule has 94 valence electrons. The van der Waals surface area contributed by atoms with Gasteiger partial charge in [-0.3, -0.25) is 10.1 Å². The molecule has 2 unspecified atom stereocenters. The molecule has 2 atom stereocenters. The maximum Gasteiger partial charge on any atom is 0.324 e. The zero-order valence-corrected chi connectivity index (χ0v) is 10.8. The van der Waals surface area contributed by atoms with Crippen LogP contribution in [0.5, 0.6) is 0 Å². The highest BCUT2D eigenvalue weighted by atomic mass is 32.1. The van der Waals surface area contributed by atoms with E-state index in [0.29, 0.717) is 0 Å². The van der Waals surface area contributed by atoms with Crippen LogP contribution in [-0.2, 0) is 6.54 Å². The number of nitro groups is 1. The first-order valence-electron chi connectivity index (χ1n) is 6.07. The monoisotopic (exact) mass is 254 g/mol. The molecule has 1 aromatic rings. The summed E-state index contributed by atoms with van der Waals surface area (Å²) in [6.45, 7) is 4.09. The zero-order valence-electron chi connectivity index (χ0n) is 10.0. The number of rotatable bonds is 5. The van der Waals surface area contributed by atoms with E-state index in [0.717, 1.165) is 30.5 Å². The third-order valence-corrected chi connectivity index (χ3v) is 4.31. The van der Waals surface area contributed by atoms with Crippen LogP contribution in [0.15, 0.2) is 11.4 Å². The molecule has 2 rings (SSSR count). The highest BCUT2D eigenvalue weighted by Gasteiger charge is 2.20. The van der Waals surface area contributed by atoms with Gasteiger partial charge in [-0.25, -0.2) is 0 Å². The Balaban J connectivity index is 1.72. The first kappa shape index (κ1) is 12.5. The fourth-order valence-corrected chi connectivity index (χ4v) is 3.21. The van der Waals surface area contributed by atoms with Crippen LogP contribution in [0.25, 0.3) is 0 Å². The Morgan fingerprint density at radius 3 is 3.00 bits per heavy atom. The predicted octanol–water partition coefficient (Wildman–Crippen LogP) is 3.18. The van der Waals surface area contributed by atoms with E-state index < -0.39 is 0 Å². The topological polar surface area (TPSA) is 55.2 Å². The van der Waals surface area contributed by atoms with Crippen molar-refractivity contribution in [3.63, 3.8) is 0 Å². The van der Waals surface area contributed by atoms with Gasteiger partial charge in [-0.15, -0.1) is 0 Å². The van der Waals surface area contributed by atoms with Gasteiger partial charge in [0.15, 0.2) is 0 Å². The summed E-state index contributed by atoms with van der Waals surface area (Å²) in [5.41, 5.74) is 1.02. The zero-order chi connectivity index (χ0) is 12.3. The van der Waals surface area contributed by atoms with Crippen LogP contribution in [-0.4, -0.2) is 11.5 Å². The summed E-state index contributed by atoms with van der Waals surface area (Å²) in [6, 6.07) is 1.66. The predicted molar refractivity (Wildman–Crippen MR) is 69.2 cm³/mol. The number of hydrogen-bond donors (Lipinski definition) is 1. The smallest absolute Gasteiger partial charge is 0.312 e. The Morgan fingerprint density at radius 2 is 2.41 bits per heavy atom. The minimum atomic E-state index is -0.327. The average molecular weight is 254 g/mol. The summed E-state index contributed by atoms with van der Waals surface area (Å²) in [5.74, 6) is 1.66. The van der Waals surface area contributed by atoms with Gasteiger partial charge in [0.05, 0.1) is 4.92 Å². The van der Waals surface area contributed by atoms with Crippen LogP contribution in [0.4, 0.5) is 5.00 Å². The molecule has 4 nitrogen and oxygen atoms in total. The third-order valence-electron chi connectivity index (χ3n) is 3.39. The fraction of sp³-hybridized carbons (Fsp3) is 0.667. The number of thiophene rings is 1. The molecule has 0 spiro atoms. The highest BCUT2D eigenvalue weighted by molar-refractivity contribution is 7.13. The lowest BCUT2D eigenvalue weighted by Gasteiger charge is -2.10. The Kier molecular flexibility index (Phi) is 4.12. The number of nitrogens with zero attached hydrogens (tertiary/aromatic N) is 1. The summed E-state index contributed by atoms with van der Waals surface area (Å²) in [7, 11) is 0. The van der Waals surface area contributed by atoms with Crippen LogP contribution in [0.2, 0.25) is 0 Å². The number of nitrogens with one attached hydrogen (secondary N) is 1. The molecule has 0 amide bonds. The van der Waals surface area contributed by atoms with Crippen LogP contribution >= 0.6 is 11.3 Å². The van der Waals surface area contributed by atoms with E-state index in [-0.39, 0.29) is 9.92 Å². The van der Waals surface area contributed by atoms with Gasteiger partial charge in [0, 0.05) is 18.0 Å². The Labute approximate surface area is 105 Å². The molecule has 1 aliphatic rings. The van der Waals surface area contributed by atoms with Crippen molar-refractivity contribution in [3.05, 3.63) is 27.1 Å². The van der Waals surface area contributed by atoms with Crippen molar-refractivity contribution < 1.29 is 4.92 Å². The Bertz CT molecular complexity index is 392. The van der Waals surface area contributed by atoms with Crippen LogP contribution in [0.1, 0.15) is 31.7 Å². The van der Waals surface area contributed by atoms with E-state index in [1.54, 1.807) is 6.07 Å². The SMILES string of the molecule is CC1CCC(CNCc2csc([N+](=O)[O-])c2)C1. The van der Waals surface area contributed by atoms with Crippen molar-refractivity contribution >= 4 is 16.3 Å². The van der Waals surface area contributed by atoms with Crippen molar-refractivity contribution in [2.45, 2.75) is 32.7 Å². The second kappa shape index (κ2) is 5.60. The molecular formula is C12H18N2O2S. The first-order valence-corrected chi connectivity index (χ1v) is 6.95. The van der Waals surface area contributed by atoms with E-state index in [1.807, 2.05) is 5.38 Å². The number of hydrogen-bond acceptors (Lipinski definition) is 4. The van der Waals surface area contributed by atoms with E-state index in [1.165, 1.54) is 30.6 Å². The minimum Gasteiger partial charge on any atom is -0.312 e. The molecule has 0 saturated heterocycles. The average Bonchev–Trinajstić information content (AvgIpc) is 2.88. The molecule has 5 heteroatoms. The highest BCUT2D eigenvalue weighted by Crippen LogP contribution is 2.29. The largest absolute Gasteiger partial charge is 0.324 e. The normalized spacial score (nSPS) is 24.1. The maximum atomic E-state index is 10.5. The quantitative estimate of drug-likeness (QED) is 0.648. The van der Waals surface area contributed by atoms with E-state index in [9.17, 15) is 10.1 Å². The molecule has 1 heterocycles. The maximum absolute atomic E-state index is 10.5. The van der Waals surface area contributed by atoms with Crippen LogP contribution in [0.3, 0.4) is 0 Å². The van der Waals surface area contributed by atoms with Gasteiger partial charge in [0.25, 0.3) is 0 Å².